The second-order valence-corrected chi connectivity index (χ2v) is 10.4. The number of amides is 1. The number of para-hydroxylation sites is 1. The second-order valence-electron chi connectivity index (χ2n) is 10.4. The van der Waals surface area contributed by atoms with Crippen molar-refractivity contribution in [3.8, 4) is 0 Å². The highest BCUT2D eigenvalue weighted by molar-refractivity contribution is 6.06. The van der Waals surface area contributed by atoms with E-state index in [0.29, 0.717) is 0 Å². The minimum atomic E-state index is -0.420. The molecular formula is C30H35N3O2. The van der Waals surface area contributed by atoms with Crippen LogP contribution in [0.1, 0.15) is 60.1 Å². The molecule has 1 amide bonds. The van der Waals surface area contributed by atoms with Crippen LogP contribution < -0.4 is 4.90 Å². The Kier molecular flexibility index (Phi) is 5.99. The van der Waals surface area contributed by atoms with E-state index in [4.69, 9.17) is 0 Å². The summed E-state index contributed by atoms with van der Waals surface area (Å²) in [5, 5.41) is 13.2. The smallest absolute Gasteiger partial charge is 0.255 e. The van der Waals surface area contributed by atoms with Crippen molar-refractivity contribution in [3.05, 3.63) is 77.4 Å². The molecule has 0 spiro atoms. The fourth-order valence-corrected chi connectivity index (χ4v) is 6.58. The minimum Gasteiger partial charge on any atom is -0.391 e. The molecule has 0 aromatic heterocycles. The van der Waals surface area contributed by atoms with E-state index in [-0.39, 0.29) is 18.0 Å². The van der Waals surface area contributed by atoms with Gasteiger partial charge in [0.05, 0.1) is 18.2 Å². The zero-order valence-electron chi connectivity index (χ0n) is 20.6. The molecule has 3 aromatic rings. The quantitative estimate of drug-likeness (QED) is 0.585. The van der Waals surface area contributed by atoms with Gasteiger partial charge in [-0.2, -0.15) is 0 Å². The number of hydrogen-bond donors (Lipinski definition) is 1. The molecule has 35 heavy (non-hydrogen) atoms. The number of nitrogens with zero attached hydrogens (tertiary/aromatic N) is 3. The standard InChI is InChI=1S/C30H35N3O2/c1-21-29-25-12-6-5-11-24(25)22(19-26(29)30(35)33(21)27-13-7-8-14-28(27)34)20-31-15-17-32(18-16-31)23-9-3-2-4-10-23/h2-6,9-12,19,21,27-28,34H,7-8,13-18,20H2,1H3/t21?,27-,28+/m1/s1. The molecule has 6 rings (SSSR count). The van der Waals surface area contributed by atoms with Crippen molar-refractivity contribution in [1.82, 2.24) is 9.80 Å². The zero-order chi connectivity index (χ0) is 23.9. The SMILES string of the molecule is CC1c2c(cc(CN3CCN(c4ccccc4)CC3)c3ccccc23)C(=O)N1[C@@H]1CCCC[C@@H]1O. The fourth-order valence-electron chi connectivity index (χ4n) is 6.58. The molecule has 3 aromatic carbocycles. The Labute approximate surface area is 207 Å². The number of aliphatic hydroxyl groups excluding tert-OH is 1. The van der Waals surface area contributed by atoms with Gasteiger partial charge in [0.15, 0.2) is 0 Å². The van der Waals surface area contributed by atoms with Gasteiger partial charge < -0.3 is 14.9 Å². The molecule has 1 unspecified atom stereocenters. The molecule has 3 atom stereocenters. The van der Waals surface area contributed by atoms with Crippen LogP contribution in [0.25, 0.3) is 10.8 Å². The first-order valence-corrected chi connectivity index (χ1v) is 13.2. The Morgan fingerprint density at radius 1 is 0.886 bits per heavy atom. The molecule has 0 bridgehead atoms. The number of fused-ring (bicyclic) bond motifs is 3. The molecular weight excluding hydrogens is 434 g/mol. The first-order valence-electron chi connectivity index (χ1n) is 13.2. The normalized spacial score (nSPS) is 25.3. The van der Waals surface area contributed by atoms with Gasteiger partial charge in [-0.05, 0) is 59.9 Å². The molecule has 0 radical (unpaired) electrons. The van der Waals surface area contributed by atoms with Crippen LogP contribution in [-0.2, 0) is 6.54 Å². The van der Waals surface area contributed by atoms with Gasteiger partial charge in [-0.25, -0.2) is 0 Å². The summed E-state index contributed by atoms with van der Waals surface area (Å²) in [6, 6.07) is 21.3. The molecule has 5 nitrogen and oxygen atoms in total. The van der Waals surface area contributed by atoms with Crippen LogP contribution in [0.3, 0.4) is 0 Å². The van der Waals surface area contributed by atoms with Crippen LogP contribution in [0.4, 0.5) is 5.69 Å². The average Bonchev–Trinajstić information content (AvgIpc) is 3.15. The first kappa shape index (κ1) is 22.6. The molecule has 2 heterocycles. The van der Waals surface area contributed by atoms with E-state index < -0.39 is 6.10 Å². The highest BCUT2D eigenvalue weighted by atomic mass is 16.3. The largest absolute Gasteiger partial charge is 0.391 e. The number of carbonyl (C=O) groups excluding carboxylic acids is 1. The molecule has 3 aliphatic rings. The highest BCUT2D eigenvalue weighted by Crippen LogP contribution is 2.43. The molecule has 2 fully saturated rings. The maximum atomic E-state index is 13.7. The zero-order valence-corrected chi connectivity index (χ0v) is 20.6. The number of rotatable bonds is 4. The van der Waals surface area contributed by atoms with Crippen LogP contribution in [-0.4, -0.2) is 59.1 Å². The number of piperazine rings is 1. The van der Waals surface area contributed by atoms with E-state index >= 15 is 0 Å². The van der Waals surface area contributed by atoms with Crippen molar-refractivity contribution < 1.29 is 9.90 Å². The van der Waals surface area contributed by atoms with E-state index in [2.05, 4.69) is 77.4 Å². The van der Waals surface area contributed by atoms with Crippen LogP contribution >= 0.6 is 0 Å². The Morgan fingerprint density at radius 3 is 2.31 bits per heavy atom. The number of aliphatic hydroxyl groups is 1. The van der Waals surface area contributed by atoms with E-state index in [1.165, 1.54) is 22.0 Å². The Balaban J connectivity index is 1.28. The van der Waals surface area contributed by atoms with Crippen LogP contribution in [0.2, 0.25) is 0 Å². The third-order valence-electron chi connectivity index (χ3n) is 8.41. The Bertz CT molecular complexity index is 1220. The van der Waals surface area contributed by atoms with Crippen molar-refractivity contribution in [3.63, 3.8) is 0 Å². The van der Waals surface area contributed by atoms with Gasteiger partial charge >= 0.3 is 0 Å². The summed E-state index contributed by atoms with van der Waals surface area (Å²) in [6.07, 6.45) is 3.39. The predicted octanol–water partition coefficient (Wildman–Crippen LogP) is 4.98. The van der Waals surface area contributed by atoms with Crippen LogP contribution in [0, 0.1) is 0 Å². The van der Waals surface area contributed by atoms with Gasteiger partial charge in [-0.3, -0.25) is 9.69 Å². The topological polar surface area (TPSA) is 47.0 Å². The van der Waals surface area contributed by atoms with Gasteiger partial charge in [0.25, 0.3) is 5.91 Å². The molecule has 2 aliphatic heterocycles. The van der Waals surface area contributed by atoms with E-state index in [1.807, 2.05) is 4.90 Å². The Hall–Kier alpha value is -2.89. The van der Waals surface area contributed by atoms with Crippen molar-refractivity contribution in [1.29, 1.82) is 0 Å². The lowest BCUT2D eigenvalue weighted by Gasteiger charge is -2.38. The van der Waals surface area contributed by atoms with Gasteiger partial charge in [-0.15, -0.1) is 0 Å². The van der Waals surface area contributed by atoms with Crippen molar-refractivity contribution in [2.75, 3.05) is 31.1 Å². The summed E-state index contributed by atoms with van der Waals surface area (Å²) < 4.78 is 0. The summed E-state index contributed by atoms with van der Waals surface area (Å²) >= 11 is 0. The van der Waals surface area contributed by atoms with Crippen LogP contribution in [0.5, 0.6) is 0 Å². The molecule has 1 saturated heterocycles. The summed E-state index contributed by atoms with van der Waals surface area (Å²) in [6.45, 7) is 7.02. The number of benzene rings is 3. The maximum absolute atomic E-state index is 13.7. The predicted molar refractivity (Wildman–Crippen MR) is 141 cm³/mol. The van der Waals surface area contributed by atoms with Crippen molar-refractivity contribution >= 4 is 22.4 Å². The summed E-state index contributed by atoms with van der Waals surface area (Å²) in [7, 11) is 0. The highest BCUT2D eigenvalue weighted by Gasteiger charge is 2.42. The third kappa shape index (κ3) is 4.01. The lowest BCUT2D eigenvalue weighted by atomic mass is 9.90. The lowest BCUT2D eigenvalue weighted by molar-refractivity contribution is 0.00976. The molecule has 182 valence electrons. The number of hydrogen-bond acceptors (Lipinski definition) is 4. The van der Waals surface area contributed by atoms with E-state index in [9.17, 15) is 9.90 Å². The van der Waals surface area contributed by atoms with Crippen LogP contribution in [0.15, 0.2) is 60.7 Å². The fraction of sp³-hybridized carbons (Fsp3) is 0.433. The van der Waals surface area contributed by atoms with E-state index in [1.54, 1.807) is 0 Å². The van der Waals surface area contributed by atoms with Crippen molar-refractivity contribution in [2.24, 2.45) is 0 Å². The van der Waals surface area contributed by atoms with Gasteiger partial charge in [0.2, 0.25) is 0 Å². The van der Waals surface area contributed by atoms with E-state index in [0.717, 1.165) is 69.5 Å². The summed E-state index contributed by atoms with van der Waals surface area (Å²) in [5.41, 5.74) is 4.51. The Morgan fingerprint density at radius 2 is 1.57 bits per heavy atom. The molecule has 1 aliphatic carbocycles. The number of anilines is 1. The minimum absolute atomic E-state index is 0.0105. The second kappa shape index (κ2) is 9.29. The third-order valence-corrected chi connectivity index (χ3v) is 8.41. The number of carbonyl (C=O) groups is 1. The van der Waals surface area contributed by atoms with Gasteiger partial charge in [0, 0.05) is 44.0 Å². The molecule has 5 heteroatoms. The van der Waals surface area contributed by atoms with Crippen molar-refractivity contribution in [2.45, 2.75) is 57.3 Å². The first-order chi connectivity index (χ1) is 17.1. The average molecular weight is 470 g/mol. The molecule has 1 saturated carbocycles. The molecule has 1 N–H and O–H groups in total. The monoisotopic (exact) mass is 469 g/mol. The lowest BCUT2D eigenvalue weighted by Crippen LogP contribution is -2.46. The van der Waals surface area contributed by atoms with Gasteiger partial charge in [0.1, 0.15) is 0 Å². The maximum Gasteiger partial charge on any atom is 0.255 e. The summed E-state index contributed by atoms with van der Waals surface area (Å²) in [5.74, 6) is 0.0966. The summed E-state index contributed by atoms with van der Waals surface area (Å²) in [4.78, 5) is 20.7. The van der Waals surface area contributed by atoms with Gasteiger partial charge in [-0.1, -0.05) is 55.3 Å².